The normalized spacial score (nSPS) is 25.0. The second-order valence-electron chi connectivity index (χ2n) is 7.22. The summed E-state index contributed by atoms with van der Waals surface area (Å²) in [6.07, 6.45) is 11.7. The molecule has 2 aliphatic heterocycles. The van der Waals surface area contributed by atoms with E-state index >= 15 is 0 Å². The summed E-state index contributed by atoms with van der Waals surface area (Å²) < 4.78 is 13.0. The lowest BCUT2D eigenvalue weighted by molar-refractivity contribution is 0.237. The third-order valence-electron chi connectivity index (χ3n) is 5.41. The van der Waals surface area contributed by atoms with Gasteiger partial charge in [0.1, 0.15) is 5.83 Å². The molecule has 0 spiro atoms. The number of thiophene rings is 1. The topological polar surface area (TPSA) is 15.3 Å². The van der Waals surface area contributed by atoms with Crippen LogP contribution in [0.15, 0.2) is 52.5 Å². The Morgan fingerprint density at radius 1 is 1.16 bits per heavy atom. The maximum Gasteiger partial charge on any atom is 0.122 e. The number of halogens is 1. The van der Waals surface area contributed by atoms with E-state index in [-0.39, 0.29) is 5.83 Å². The predicted octanol–water partition coefficient (Wildman–Crippen LogP) is 4.89. The average Bonchev–Trinajstić information content (AvgIpc) is 3.29. The standard InChI is InChI=1S/C13H18FN.C8H11NS/c1-15-9-7-12(8-10-15)11-3-2-4-13(14)6-5-11;1-3-9-5-7(1)8-2-4-10-6-8/h2,4-6,12H,3,7-10H2,1H3;2,4,6-7,9H,1,3,5H2/t;7-/m.1/s1. The molecular formula is C21H29FN2S. The smallest absolute Gasteiger partial charge is 0.122 e. The molecule has 0 unspecified atom stereocenters. The van der Waals surface area contributed by atoms with Gasteiger partial charge in [-0.05, 0) is 98.7 Å². The van der Waals surface area contributed by atoms with Gasteiger partial charge in [0.05, 0.1) is 0 Å². The minimum absolute atomic E-state index is 0.127. The Bertz CT molecular complexity index is 604. The highest BCUT2D eigenvalue weighted by molar-refractivity contribution is 7.07. The average molecular weight is 361 g/mol. The van der Waals surface area contributed by atoms with E-state index in [4.69, 9.17) is 0 Å². The molecule has 4 heteroatoms. The van der Waals surface area contributed by atoms with E-state index in [1.165, 1.54) is 43.5 Å². The number of piperidine rings is 1. The van der Waals surface area contributed by atoms with Gasteiger partial charge >= 0.3 is 0 Å². The van der Waals surface area contributed by atoms with Crippen LogP contribution < -0.4 is 5.32 Å². The van der Waals surface area contributed by atoms with Gasteiger partial charge in [0.2, 0.25) is 0 Å². The van der Waals surface area contributed by atoms with Crippen LogP contribution in [-0.4, -0.2) is 38.1 Å². The molecule has 2 fully saturated rings. The fraction of sp³-hybridized carbons (Fsp3) is 0.524. The summed E-state index contributed by atoms with van der Waals surface area (Å²) in [5, 5.41) is 7.79. The van der Waals surface area contributed by atoms with Gasteiger partial charge in [-0.15, -0.1) is 0 Å². The van der Waals surface area contributed by atoms with Crippen LogP contribution >= 0.6 is 11.3 Å². The van der Waals surface area contributed by atoms with E-state index in [2.05, 4.69) is 34.1 Å². The van der Waals surface area contributed by atoms with Crippen molar-refractivity contribution in [3.05, 3.63) is 58.1 Å². The second kappa shape index (κ2) is 9.46. The molecule has 3 heterocycles. The van der Waals surface area contributed by atoms with Crippen molar-refractivity contribution in [2.75, 3.05) is 33.2 Å². The Kier molecular flexibility index (Phi) is 7.02. The third kappa shape index (κ3) is 5.63. The van der Waals surface area contributed by atoms with Crippen LogP contribution in [0.3, 0.4) is 0 Å². The first-order valence-corrected chi connectivity index (χ1v) is 10.3. The van der Waals surface area contributed by atoms with Crippen LogP contribution in [0.1, 0.15) is 37.2 Å². The van der Waals surface area contributed by atoms with Crippen molar-refractivity contribution in [2.24, 2.45) is 5.92 Å². The molecule has 2 saturated heterocycles. The van der Waals surface area contributed by atoms with E-state index in [1.54, 1.807) is 23.5 Å². The second-order valence-corrected chi connectivity index (χ2v) is 8.00. The number of nitrogens with one attached hydrogen (secondary N) is 1. The summed E-state index contributed by atoms with van der Waals surface area (Å²) >= 11 is 1.80. The number of nitrogens with zero attached hydrogens (tertiary/aromatic N) is 1. The van der Waals surface area contributed by atoms with Gasteiger partial charge in [0.15, 0.2) is 0 Å². The third-order valence-corrected chi connectivity index (χ3v) is 6.11. The van der Waals surface area contributed by atoms with Crippen LogP contribution in [0, 0.1) is 5.92 Å². The Morgan fingerprint density at radius 3 is 2.68 bits per heavy atom. The monoisotopic (exact) mass is 360 g/mol. The predicted molar refractivity (Wildman–Crippen MR) is 106 cm³/mol. The lowest BCUT2D eigenvalue weighted by Gasteiger charge is -2.30. The number of hydrogen-bond acceptors (Lipinski definition) is 3. The molecule has 1 atom stereocenters. The van der Waals surface area contributed by atoms with Gasteiger partial charge in [0, 0.05) is 6.54 Å². The van der Waals surface area contributed by atoms with Gasteiger partial charge in [0.25, 0.3) is 0 Å². The Hall–Kier alpha value is -1.23. The molecular weight excluding hydrogens is 331 g/mol. The van der Waals surface area contributed by atoms with E-state index < -0.39 is 0 Å². The molecule has 25 heavy (non-hydrogen) atoms. The van der Waals surface area contributed by atoms with Crippen molar-refractivity contribution in [3.8, 4) is 0 Å². The summed E-state index contributed by atoms with van der Waals surface area (Å²) in [6.45, 7) is 4.70. The highest BCUT2D eigenvalue weighted by Crippen LogP contribution is 2.28. The van der Waals surface area contributed by atoms with Crippen molar-refractivity contribution >= 4 is 11.3 Å². The number of hydrogen-bond donors (Lipinski definition) is 1. The molecule has 0 amide bonds. The fourth-order valence-electron chi connectivity index (χ4n) is 3.75. The first-order chi connectivity index (χ1) is 12.2. The maximum absolute atomic E-state index is 13.0. The summed E-state index contributed by atoms with van der Waals surface area (Å²) in [7, 11) is 2.16. The van der Waals surface area contributed by atoms with Crippen molar-refractivity contribution in [3.63, 3.8) is 0 Å². The zero-order chi connectivity index (χ0) is 17.5. The minimum atomic E-state index is -0.127. The van der Waals surface area contributed by atoms with Gasteiger partial charge in [-0.25, -0.2) is 4.39 Å². The summed E-state index contributed by atoms with van der Waals surface area (Å²) in [6, 6.07) is 2.24. The summed E-state index contributed by atoms with van der Waals surface area (Å²) in [4.78, 5) is 2.36. The van der Waals surface area contributed by atoms with E-state index in [0.717, 1.165) is 25.4 Å². The molecule has 0 radical (unpaired) electrons. The van der Waals surface area contributed by atoms with Crippen molar-refractivity contribution < 1.29 is 4.39 Å². The molecule has 0 bridgehead atoms. The molecule has 2 nitrogen and oxygen atoms in total. The number of likely N-dealkylation sites (tertiary alicyclic amines) is 1. The van der Waals surface area contributed by atoms with E-state index in [1.807, 2.05) is 12.2 Å². The zero-order valence-electron chi connectivity index (χ0n) is 15.1. The Balaban J connectivity index is 0.000000157. The highest BCUT2D eigenvalue weighted by Gasteiger charge is 2.19. The number of rotatable bonds is 2. The largest absolute Gasteiger partial charge is 0.316 e. The fourth-order valence-corrected chi connectivity index (χ4v) is 4.49. The van der Waals surface area contributed by atoms with Crippen molar-refractivity contribution in [2.45, 2.75) is 31.6 Å². The van der Waals surface area contributed by atoms with Crippen LogP contribution in [-0.2, 0) is 0 Å². The van der Waals surface area contributed by atoms with E-state index in [9.17, 15) is 4.39 Å². The van der Waals surface area contributed by atoms with Gasteiger partial charge in [-0.3, -0.25) is 0 Å². The van der Waals surface area contributed by atoms with Gasteiger partial charge in [-0.2, -0.15) is 11.3 Å². The maximum atomic E-state index is 13.0. The number of allylic oxidation sites excluding steroid dienone is 6. The minimum Gasteiger partial charge on any atom is -0.316 e. The zero-order valence-corrected chi connectivity index (χ0v) is 15.9. The van der Waals surface area contributed by atoms with Crippen LogP contribution in [0.4, 0.5) is 4.39 Å². The van der Waals surface area contributed by atoms with Crippen molar-refractivity contribution in [1.82, 2.24) is 10.2 Å². The molecule has 3 aliphatic rings. The highest BCUT2D eigenvalue weighted by atomic mass is 32.1. The molecule has 1 N–H and O–H groups in total. The van der Waals surface area contributed by atoms with Crippen LogP contribution in [0.25, 0.3) is 0 Å². The Morgan fingerprint density at radius 2 is 2.00 bits per heavy atom. The summed E-state index contributed by atoms with van der Waals surface area (Å²) in [5.41, 5.74) is 2.92. The molecule has 136 valence electrons. The van der Waals surface area contributed by atoms with Gasteiger partial charge in [-0.1, -0.05) is 17.7 Å². The lowest BCUT2D eigenvalue weighted by atomic mass is 9.87. The first kappa shape index (κ1) is 18.6. The van der Waals surface area contributed by atoms with Crippen LogP contribution in [0.2, 0.25) is 0 Å². The van der Waals surface area contributed by atoms with E-state index in [0.29, 0.717) is 5.92 Å². The molecule has 1 aromatic rings. The van der Waals surface area contributed by atoms with Crippen molar-refractivity contribution in [1.29, 1.82) is 0 Å². The molecule has 0 saturated carbocycles. The first-order valence-electron chi connectivity index (χ1n) is 9.36. The lowest BCUT2D eigenvalue weighted by Crippen LogP contribution is -2.30. The summed E-state index contributed by atoms with van der Waals surface area (Å²) in [5.74, 6) is 1.33. The molecule has 0 aromatic carbocycles. The molecule has 4 rings (SSSR count). The quantitative estimate of drug-likeness (QED) is 0.807. The SMILES string of the molecule is CN1CCC(C2=CC=C(F)C=CC2)CC1.c1cc([C@@H]2CCNC2)cs1. The molecule has 1 aliphatic carbocycles. The molecule has 1 aromatic heterocycles. The van der Waals surface area contributed by atoms with Gasteiger partial charge < -0.3 is 10.2 Å². The van der Waals surface area contributed by atoms with Crippen LogP contribution in [0.5, 0.6) is 0 Å². The Labute approximate surface area is 155 Å².